The van der Waals surface area contributed by atoms with Crippen molar-refractivity contribution in [1.29, 1.82) is 0 Å². The highest BCUT2D eigenvalue weighted by molar-refractivity contribution is 4.97. The van der Waals surface area contributed by atoms with Crippen LogP contribution in [0.4, 0.5) is 4.39 Å². The fraction of sp³-hybridized carbons (Fsp3) is 0.625. The number of aryl methyl sites for hydroxylation is 1. The van der Waals surface area contributed by atoms with Gasteiger partial charge in [-0.15, -0.1) is 0 Å². The van der Waals surface area contributed by atoms with Gasteiger partial charge in [0.25, 0.3) is 0 Å². The van der Waals surface area contributed by atoms with Gasteiger partial charge in [-0.25, -0.2) is 9.37 Å². The molecule has 0 fully saturated rings. The Balaban J connectivity index is 2.78. The number of hydrogen-bond donors (Lipinski definition) is 0. The van der Waals surface area contributed by atoms with Crippen LogP contribution in [0.3, 0.4) is 0 Å². The molecule has 0 amide bonds. The van der Waals surface area contributed by atoms with Gasteiger partial charge < -0.3 is 4.57 Å². The maximum Gasteiger partial charge on any atom is 0.111 e. The predicted molar refractivity (Wildman–Crippen MR) is 42.3 cm³/mol. The summed E-state index contributed by atoms with van der Waals surface area (Å²) in [6, 6.07) is 0. The van der Waals surface area contributed by atoms with E-state index in [0.717, 1.165) is 5.82 Å². The summed E-state index contributed by atoms with van der Waals surface area (Å²) in [4.78, 5) is 4.13. The number of hydrogen-bond acceptors (Lipinski definition) is 1. The highest BCUT2D eigenvalue weighted by Gasteiger charge is 2.05. The van der Waals surface area contributed by atoms with Crippen LogP contribution in [0.15, 0.2) is 12.4 Å². The zero-order valence-electron chi connectivity index (χ0n) is 6.92. The lowest BCUT2D eigenvalue weighted by atomic mass is 10.2. The standard InChI is InChI=1S/C8H13FN2/c1-7(2)8-10-4-6-11(8)5-3-9/h4,6-7H,3,5H2,1-2H3. The number of alkyl halides is 1. The van der Waals surface area contributed by atoms with Gasteiger partial charge in [0, 0.05) is 18.3 Å². The van der Waals surface area contributed by atoms with Gasteiger partial charge in [0.1, 0.15) is 12.5 Å². The van der Waals surface area contributed by atoms with Gasteiger partial charge in [0.15, 0.2) is 0 Å². The predicted octanol–water partition coefficient (Wildman–Crippen LogP) is 1.98. The highest BCUT2D eigenvalue weighted by atomic mass is 19.1. The molecule has 62 valence electrons. The minimum Gasteiger partial charge on any atom is -0.332 e. The molecule has 0 spiro atoms. The molecular weight excluding hydrogens is 143 g/mol. The molecule has 1 heterocycles. The van der Waals surface area contributed by atoms with E-state index in [2.05, 4.69) is 18.8 Å². The van der Waals surface area contributed by atoms with E-state index in [1.807, 2.05) is 10.8 Å². The second kappa shape index (κ2) is 3.51. The first-order valence-electron chi connectivity index (χ1n) is 3.82. The largest absolute Gasteiger partial charge is 0.332 e. The molecule has 0 aliphatic carbocycles. The van der Waals surface area contributed by atoms with Crippen molar-refractivity contribution >= 4 is 0 Å². The second-order valence-corrected chi connectivity index (χ2v) is 2.82. The van der Waals surface area contributed by atoms with Crippen molar-refractivity contribution in [3.63, 3.8) is 0 Å². The van der Waals surface area contributed by atoms with Gasteiger partial charge in [-0.1, -0.05) is 13.8 Å². The molecule has 0 atom stereocenters. The molecule has 0 aromatic carbocycles. The van der Waals surface area contributed by atoms with Crippen LogP contribution in [0.1, 0.15) is 25.6 Å². The molecule has 0 saturated carbocycles. The summed E-state index contributed by atoms with van der Waals surface area (Å²) in [5.41, 5.74) is 0. The summed E-state index contributed by atoms with van der Waals surface area (Å²) in [6.45, 7) is 4.21. The van der Waals surface area contributed by atoms with Crippen molar-refractivity contribution in [1.82, 2.24) is 9.55 Å². The summed E-state index contributed by atoms with van der Waals surface area (Å²) in [5, 5.41) is 0. The summed E-state index contributed by atoms with van der Waals surface area (Å²) in [6.07, 6.45) is 3.53. The van der Waals surface area contributed by atoms with Crippen molar-refractivity contribution in [3.05, 3.63) is 18.2 Å². The number of nitrogens with zero attached hydrogens (tertiary/aromatic N) is 2. The molecule has 1 rings (SSSR count). The average Bonchev–Trinajstić information content (AvgIpc) is 2.36. The van der Waals surface area contributed by atoms with Crippen LogP contribution in [0.25, 0.3) is 0 Å². The van der Waals surface area contributed by atoms with Crippen molar-refractivity contribution in [2.45, 2.75) is 26.3 Å². The molecular formula is C8H13FN2. The topological polar surface area (TPSA) is 17.8 Å². The third kappa shape index (κ3) is 1.79. The van der Waals surface area contributed by atoms with E-state index in [9.17, 15) is 4.39 Å². The molecule has 11 heavy (non-hydrogen) atoms. The van der Waals surface area contributed by atoms with Gasteiger partial charge in [0.05, 0.1) is 6.54 Å². The fourth-order valence-electron chi connectivity index (χ4n) is 1.10. The van der Waals surface area contributed by atoms with E-state index in [-0.39, 0.29) is 6.67 Å². The summed E-state index contributed by atoms with van der Waals surface area (Å²) in [5.74, 6) is 1.33. The Morgan fingerprint density at radius 3 is 2.91 bits per heavy atom. The average molecular weight is 156 g/mol. The van der Waals surface area contributed by atoms with Crippen LogP contribution in [0.5, 0.6) is 0 Å². The summed E-state index contributed by atoms with van der Waals surface area (Å²) in [7, 11) is 0. The smallest absolute Gasteiger partial charge is 0.111 e. The Morgan fingerprint density at radius 2 is 2.36 bits per heavy atom. The third-order valence-electron chi connectivity index (χ3n) is 1.59. The lowest BCUT2D eigenvalue weighted by Gasteiger charge is -2.07. The molecule has 0 aliphatic rings. The zero-order chi connectivity index (χ0) is 8.27. The van der Waals surface area contributed by atoms with Crippen molar-refractivity contribution in [2.24, 2.45) is 0 Å². The van der Waals surface area contributed by atoms with E-state index in [1.165, 1.54) is 0 Å². The first-order valence-corrected chi connectivity index (χ1v) is 3.82. The van der Waals surface area contributed by atoms with Crippen LogP contribution in [0, 0.1) is 0 Å². The molecule has 0 N–H and O–H groups in total. The number of imidazole rings is 1. The number of aromatic nitrogens is 2. The minimum atomic E-state index is -0.323. The Hall–Kier alpha value is -0.860. The molecule has 1 aromatic rings. The Kier molecular flexibility index (Phi) is 2.63. The van der Waals surface area contributed by atoms with Gasteiger partial charge in [0.2, 0.25) is 0 Å². The van der Waals surface area contributed by atoms with Gasteiger partial charge in [-0.3, -0.25) is 0 Å². The molecule has 0 aliphatic heterocycles. The van der Waals surface area contributed by atoms with Gasteiger partial charge in [-0.05, 0) is 0 Å². The lowest BCUT2D eigenvalue weighted by Crippen LogP contribution is -2.05. The zero-order valence-corrected chi connectivity index (χ0v) is 6.92. The van der Waals surface area contributed by atoms with E-state index in [4.69, 9.17) is 0 Å². The molecule has 3 heteroatoms. The fourth-order valence-corrected chi connectivity index (χ4v) is 1.10. The van der Waals surface area contributed by atoms with Crippen LogP contribution >= 0.6 is 0 Å². The van der Waals surface area contributed by atoms with E-state index < -0.39 is 0 Å². The molecule has 0 radical (unpaired) electrons. The van der Waals surface area contributed by atoms with Crippen LogP contribution in [0.2, 0.25) is 0 Å². The van der Waals surface area contributed by atoms with E-state index >= 15 is 0 Å². The van der Waals surface area contributed by atoms with Crippen molar-refractivity contribution in [3.8, 4) is 0 Å². The molecule has 2 nitrogen and oxygen atoms in total. The lowest BCUT2D eigenvalue weighted by molar-refractivity contribution is 0.436. The molecule has 0 unspecified atom stereocenters. The monoisotopic (exact) mass is 156 g/mol. The van der Waals surface area contributed by atoms with Crippen molar-refractivity contribution in [2.75, 3.05) is 6.67 Å². The maximum atomic E-state index is 12.0. The first-order chi connectivity index (χ1) is 5.25. The van der Waals surface area contributed by atoms with Crippen molar-refractivity contribution < 1.29 is 4.39 Å². The molecule has 0 bridgehead atoms. The minimum absolute atomic E-state index is 0.323. The third-order valence-corrected chi connectivity index (χ3v) is 1.59. The summed E-state index contributed by atoms with van der Waals surface area (Å²) < 4.78 is 13.8. The molecule has 0 saturated heterocycles. The van der Waals surface area contributed by atoms with Gasteiger partial charge in [-0.2, -0.15) is 0 Å². The van der Waals surface area contributed by atoms with Crippen LogP contribution in [-0.2, 0) is 6.54 Å². The number of halogens is 1. The quantitative estimate of drug-likeness (QED) is 0.654. The maximum absolute atomic E-state index is 12.0. The highest BCUT2D eigenvalue weighted by Crippen LogP contribution is 2.10. The number of rotatable bonds is 3. The van der Waals surface area contributed by atoms with Crippen LogP contribution in [-0.4, -0.2) is 16.2 Å². The van der Waals surface area contributed by atoms with Gasteiger partial charge >= 0.3 is 0 Å². The Bertz CT molecular complexity index is 218. The Labute approximate surface area is 66.1 Å². The SMILES string of the molecule is CC(C)c1nccn1CCF. The summed E-state index contributed by atoms with van der Waals surface area (Å²) >= 11 is 0. The first kappa shape index (κ1) is 8.24. The second-order valence-electron chi connectivity index (χ2n) is 2.82. The van der Waals surface area contributed by atoms with E-state index in [0.29, 0.717) is 12.5 Å². The Morgan fingerprint density at radius 1 is 1.64 bits per heavy atom. The van der Waals surface area contributed by atoms with E-state index in [1.54, 1.807) is 6.20 Å². The normalized spacial score (nSPS) is 10.9. The van der Waals surface area contributed by atoms with Crippen LogP contribution < -0.4 is 0 Å². The molecule has 1 aromatic heterocycles.